The van der Waals surface area contributed by atoms with E-state index < -0.39 is 0 Å². The molecule has 0 unspecified atom stereocenters. The van der Waals surface area contributed by atoms with Gasteiger partial charge in [-0.05, 0) is 26.0 Å². The van der Waals surface area contributed by atoms with Crippen molar-refractivity contribution >= 4 is 11.8 Å². The van der Waals surface area contributed by atoms with Crippen molar-refractivity contribution in [3.63, 3.8) is 0 Å². The van der Waals surface area contributed by atoms with E-state index in [9.17, 15) is 0 Å². The van der Waals surface area contributed by atoms with Crippen LogP contribution >= 0.6 is 11.8 Å². The second kappa shape index (κ2) is 5.03. The van der Waals surface area contributed by atoms with Crippen LogP contribution in [0.1, 0.15) is 24.1 Å². The summed E-state index contributed by atoms with van der Waals surface area (Å²) in [5.41, 5.74) is 2.52. The molecule has 0 spiro atoms. The van der Waals surface area contributed by atoms with E-state index in [1.165, 1.54) is 24.1 Å². The fourth-order valence-corrected chi connectivity index (χ4v) is 1.94. The smallest absolute Gasteiger partial charge is 0.0638 e. The second-order valence-corrected chi connectivity index (χ2v) is 5.14. The molecule has 3 nitrogen and oxygen atoms in total. The molecule has 15 heavy (non-hydrogen) atoms. The van der Waals surface area contributed by atoms with Gasteiger partial charge in [-0.25, -0.2) is 0 Å². The fourth-order valence-electron chi connectivity index (χ4n) is 1.57. The molecule has 1 fully saturated rings. The second-order valence-electron chi connectivity index (χ2n) is 4.15. The van der Waals surface area contributed by atoms with Crippen LogP contribution in [-0.2, 0) is 13.1 Å². The standard InChI is InChI=1S/C11H19N3S/c1-9-10(7-12-11-3-4-11)8-14(13-9)5-6-15-2/h8,11-12H,3-7H2,1-2H3. The quantitative estimate of drug-likeness (QED) is 0.801. The molecule has 1 aromatic heterocycles. The first-order valence-electron chi connectivity index (χ1n) is 5.55. The molecule has 0 atom stereocenters. The molecular weight excluding hydrogens is 206 g/mol. The summed E-state index contributed by atoms with van der Waals surface area (Å²) in [7, 11) is 0. The number of thioether (sulfide) groups is 1. The van der Waals surface area contributed by atoms with Gasteiger partial charge in [0.25, 0.3) is 0 Å². The Labute approximate surface area is 95.6 Å². The van der Waals surface area contributed by atoms with Gasteiger partial charge < -0.3 is 5.32 Å². The Hall–Kier alpha value is -0.480. The van der Waals surface area contributed by atoms with Gasteiger partial charge in [-0.1, -0.05) is 0 Å². The first-order chi connectivity index (χ1) is 7.29. The summed E-state index contributed by atoms with van der Waals surface area (Å²) in [5, 5.41) is 8.03. The lowest BCUT2D eigenvalue weighted by molar-refractivity contribution is 0.657. The predicted molar refractivity (Wildman–Crippen MR) is 65.2 cm³/mol. The number of nitrogens with one attached hydrogen (secondary N) is 1. The molecule has 0 amide bonds. The van der Waals surface area contributed by atoms with E-state index in [1.807, 2.05) is 11.8 Å². The van der Waals surface area contributed by atoms with E-state index in [-0.39, 0.29) is 0 Å². The Morgan fingerprint density at radius 3 is 3.07 bits per heavy atom. The Morgan fingerprint density at radius 1 is 1.60 bits per heavy atom. The lowest BCUT2D eigenvalue weighted by Crippen LogP contribution is -2.15. The van der Waals surface area contributed by atoms with Crippen LogP contribution in [0, 0.1) is 6.92 Å². The van der Waals surface area contributed by atoms with E-state index in [0.717, 1.165) is 24.9 Å². The van der Waals surface area contributed by atoms with Gasteiger partial charge in [-0.15, -0.1) is 0 Å². The molecule has 2 rings (SSSR count). The van der Waals surface area contributed by atoms with Crippen LogP contribution in [0.2, 0.25) is 0 Å². The van der Waals surface area contributed by atoms with Crippen LogP contribution < -0.4 is 5.32 Å². The first kappa shape index (κ1) is 11.0. The van der Waals surface area contributed by atoms with Crippen molar-refractivity contribution in [2.75, 3.05) is 12.0 Å². The van der Waals surface area contributed by atoms with Crippen molar-refractivity contribution in [2.24, 2.45) is 0 Å². The fraction of sp³-hybridized carbons (Fsp3) is 0.727. The van der Waals surface area contributed by atoms with Crippen LogP contribution in [0.15, 0.2) is 6.20 Å². The molecule has 1 aliphatic carbocycles. The minimum atomic E-state index is 0.777. The van der Waals surface area contributed by atoms with E-state index >= 15 is 0 Å². The molecule has 84 valence electrons. The number of aromatic nitrogens is 2. The van der Waals surface area contributed by atoms with E-state index in [1.54, 1.807) is 0 Å². The van der Waals surface area contributed by atoms with Crippen molar-refractivity contribution < 1.29 is 0 Å². The van der Waals surface area contributed by atoms with Crippen LogP contribution in [-0.4, -0.2) is 27.8 Å². The SMILES string of the molecule is CSCCn1cc(CNC2CC2)c(C)n1. The highest BCUT2D eigenvalue weighted by Crippen LogP contribution is 2.19. The molecule has 0 aliphatic heterocycles. The summed E-state index contributed by atoms with van der Waals surface area (Å²) in [6.45, 7) is 4.10. The summed E-state index contributed by atoms with van der Waals surface area (Å²) in [6, 6.07) is 0.777. The van der Waals surface area contributed by atoms with Gasteiger partial charge in [0.1, 0.15) is 0 Å². The maximum absolute atomic E-state index is 4.51. The zero-order valence-electron chi connectivity index (χ0n) is 9.49. The normalized spacial score (nSPS) is 15.9. The highest BCUT2D eigenvalue weighted by atomic mass is 32.2. The Balaban J connectivity index is 1.87. The topological polar surface area (TPSA) is 29.9 Å². The van der Waals surface area contributed by atoms with Gasteiger partial charge in [-0.3, -0.25) is 4.68 Å². The lowest BCUT2D eigenvalue weighted by Gasteiger charge is -1.99. The average Bonchev–Trinajstić information content (AvgIpc) is 2.98. The molecule has 1 saturated carbocycles. The summed E-state index contributed by atoms with van der Waals surface area (Å²) < 4.78 is 2.07. The number of nitrogens with zero attached hydrogens (tertiary/aromatic N) is 2. The summed E-state index contributed by atoms with van der Waals surface area (Å²) in [5.74, 6) is 1.14. The molecule has 0 bridgehead atoms. The third kappa shape index (κ3) is 3.24. The van der Waals surface area contributed by atoms with Gasteiger partial charge in [0.15, 0.2) is 0 Å². The van der Waals surface area contributed by atoms with Gasteiger partial charge in [0.2, 0.25) is 0 Å². The molecule has 1 aromatic rings. The van der Waals surface area contributed by atoms with Crippen molar-refractivity contribution in [1.82, 2.24) is 15.1 Å². The molecule has 0 aromatic carbocycles. The van der Waals surface area contributed by atoms with E-state index in [0.29, 0.717) is 0 Å². The van der Waals surface area contributed by atoms with Gasteiger partial charge in [-0.2, -0.15) is 16.9 Å². The minimum Gasteiger partial charge on any atom is -0.310 e. The monoisotopic (exact) mass is 225 g/mol. The number of aryl methyl sites for hydroxylation is 2. The Morgan fingerprint density at radius 2 is 2.40 bits per heavy atom. The number of rotatable bonds is 6. The molecule has 1 aliphatic rings. The maximum atomic E-state index is 4.51. The molecule has 1 N–H and O–H groups in total. The van der Waals surface area contributed by atoms with Crippen LogP contribution in [0.4, 0.5) is 0 Å². The highest BCUT2D eigenvalue weighted by Gasteiger charge is 2.20. The lowest BCUT2D eigenvalue weighted by atomic mass is 10.2. The van der Waals surface area contributed by atoms with Crippen LogP contribution in [0.5, 0.6) is 0 Å². The number of hydrogen-bond donors (Lipinski definition) is 1. The van der Waals surface area contributed by atoms with Crippen molar-refractivity contribution in [3.05, 3.63) is 17.5 Å². The van der Waals surface area contributed by atoms with Crippen LogP contribution in [0.3, 0.4) is 0 Å². The maximum Gasteiger partial charge on any atom is 0.0638 e. The zero-order valence-corrected chi connectivity index (χ0v) is 10.3. The third-order valence-electron chi connectivity index (χ3n) is 2.73. The summed E-state index contributed by atoms with van der Waals surface area (Å²) >= 11 is 1.86. The van der Waals surface area contributed by atoms with Gasteiger partial charge >= 0.3 is 0 Å². The molecule has 0 radical (unpaired) electrons. The van der Waals surface area contributed by atoms with E-state index in [4.69, 9.17) is 0 Å². The Bertz CT molecular complexity index is 318. The number of hydrogen-bond acceptors (Lipinski definition) is 3. The van der Waals surface area contributed by atoms with Crippen molar-refractivity contribution in [2.45, 2.75) is 38.9 Å². The van der Waals surface area contributed by atoms with E-state index in [2.05, 4.69) is 34.5 Å². The molecule has 0 saturated heterocycles. The first-order valence-corrected chi connectivity index (χ1v) is 6.94. The summed E-state index contributed by atoms with van der Waals surface area (Å²) in [4.78, 5) is 0. The predicted octanol–water partition coefficient (Wildman–Crippen LogP) is 1.81. The third-order valence-corrected chi connectivity index (χ3v) is 3.32. The van der Waals surface area contributed by atoms with Gasteiger partial charge in [0.05, 0.1) is 5.69 Å². The van der Waals surface area contributed by atoms with Crippen LogP contribution in [0.25, 0.3) is 0 Å². The molecule has 1 heterocycles. The molecule has 4 heteroatoms. The zero-order chi connectivity index (χ0) is 10.7. The largest absolute Gasteiger partial charge is 0.310 e. The van der Waals surface area contributed by atoms with Crippen molar-refractivity contribution in [1.29, 1.82) is 0 Å². The Kier molecular flexibility index (Phi) is 3.70. The highest BCUT2D eigenvalue weighted by molar-refractivity contribution is 7.98. The average molecular weight is 225 g/mol. The minimum absolute atomic E-state index is 0.777. The molecular formula is C11H19N3S. The summed E-state index contributed by atoms with van der Waals surface area (Å²) in [6.07, 6.45) is 7.01. The van der Waals surface area contributed by atoms with Gasteiger partial charge in [0, 0.05) is 36.6 Å². The van der Waals surface area contributed by atoms with Crippen molar-refractivity contribution in [3.8, 4) is 0 Å².